The summed E-state index contributed by atoms with van der Waals surface area (Å²) in [6, 6.07) is 1.80. The van der Waals surface area contributed by atoms with E-state index < -0.39 is 35.2 Å². The molecule has 4 atom stereocenters. The largest absolute Gasteiger partial charge is 0.459 e. The summed E-state index contributed by atoms with van der Waals surface area (Å²) >= 11 is 0. The molecule has 0 aromatic carbocycles. The SMILES string of the molecule is C[C@H]1C(=O)OC2CCn3ccc(c32)COC(=O)[C@](C)(O)[C@]1(C)O. The van der Waals surface area contributed by atoms with Crippen LogP contribution < -0.4 is 0 Å². The third kappa shape index (κ3) is 2.26. The molecular weight excluding hydrogens is 302 g/mol. The van der Waals surface area contributed by atoms with Gasteiger partial charge in [0, 0.05) is 24.7 Å². The number of esters is 2. The van der Waals surface area contributed by atoms with E-state index in [2.05, 4.69) is 0 Å². The molecule has 7 nitrogen and oxygen atoms in total. The number of aryl methyl sites for hydroxylation is 1. The monoisotopic (exact) mass is 323 g/mol. The number of rotatable bonds is 0. The summed E-state index contributed by atoms with van der Waals surface area (Å²) < 4.78 is 12.7. The third-order valence-corrected chi connectivity index (χ3v) is 5.23. The average molecular weight is 323 g/mol. The van der Waals surface area contributed by atoms with Crippen LogP contribution in [0.4, 0.5) is 0 Å². The number of carbonyl (C=O) groups is 2. The molecule has 0 bridgehead atoms. The summed E-state index contributed by atoms with van der Waals surface area (Å²) in [6.07, 6.45) is 2.05. The van der Waals surface area contributed by atoms with Crippen molar-refractivity contribution in [2.24, 2.45) is 5.92 Å². The molecular formula is C16H21NO6. The van der Waals surface area contributed by atoms with E-state index in [0.29, 0.717) is 13.0 Å². The van der Waals surface area contributed by atoms with E-state index in [1.165, 1.54) is 13.8 Å². The number of aromatic nitrogens is 1. The molecule has 2 N–H and O–H groups in total. The highest BCUT2D eigenvalue weighted by Gasteiger charge is 2.55. The number of aliphatic hydroxyl groups is 2. The first-order chi connectivity index (χ1) is 10.7. The number of cyclic esters (lactones) is 1. The van der Waals surface area contributed by atoms with Crippen LogP contribution in [0.5, 0.6) is 0 Å². The lowest BCUT2D eigenvalue weighted by Gasteiger charge is -2.39. The Morgan fingerprint density at radius 3 is 2.70 bits per heavy atom. The molecule has 1 aromatic heterocycles. The van der Waals surface area contributed by atoms with Gasteiger partial charge in [0.1, 0.15) is 18.3 Å². The van der Waals surface area contributed by atoms with Gasteiger partial charge >= 0.3 is 11.9 Å². The minimum atomic E-state index is -2.24. The lowest BCUT2D eigenvalue weighted by atomic mass is 9.76. The summed E-state index contributed by atoms with van der Waals surface area (Å²) in [4.78, 5) is 24.7. The molecule has 0 fully saturated rings. The first-order valence-corrected chi connectivity index (χ1v) is 7.66. The molecule has 1 unspecified atom stereocenters. The molecule has 7 heteroatoms. The highest BCUT2D eigenvalue weighted by atomic mass is 16.6. The van der Waals surface area contributed by atoms with Gasteiger partial charge in [-0.2, -0.15) is 0 Å². The van der Waals surface area contributed by atoms with Crippen LogP contribution >= 0.6 is 0 Å². The Balaban J connectivity index is 2.04. The van der Waals surface area contributed by atoms with E-state index in [1.54, 1.807) is 6.07 Å². The second kappa shape index (κ2) is 5.07. The van der Waals surface area contributed by atoms with Crippen LogP contribution in [-0.4, -0.2) is 37.9 Å². The van der Waals surface area contributed by atoms with Crippen molar-refractivity contribution < 1.29 is 29.3 Å². The van der Waals surface area contributed by atoms with Crippen molar-refractivity contribution in [3.05, 3.63) is 23.5 Å². The van der Waals surface area contributed by atoms with Crippen LogP contribution in [0, 0.1) is 5.92 Å². The highest BCUT2D eigenvalue weighted by molar-refractivity contribution is 5.83. The molecule has 0 saturated heterocycles. The van der Waals surface area contributed by atoms with Crippen LogP contribution in [0.3, 0.4) is 0 Å². The summed E-state index contributed by atoms with van der Waals surface area (Å²) in [7, 11) is 0. The molecule has 126 valence electrons. The van der Waals surface area contributed by atoms with Gasteiger partial charge in [-0.1, -0.05) is 0 Å². The maximum atomic E-state index is 12.4. The Labute approximate surface area is 133 Å². The maximum absolute atomic E-state index is 12.4. The molecule has 2 aliphatic heterocycles. The number of nitrogens with zero attached hydrogens (tertiary/aromatic N) is 1. The molecule has 2 aliphatic rings. The van der Waals surface area contributed by atoms with Crippen molar-refractivity contribution in [3.8, 4) is 0 Å². The Morgan fingerprint density at radius 1 is 1.30 bits per heavy atom. The molecule has 1 aromatic rings. The fourth-order valence-corrected chi connectivity index (χ4v) is 3.13. The highest BCUT2D eigenvalue weighted by Crippen LogP contribution is 2.38. The fraction of sp³-hybridized carbons (Fsp3) is 0.625. The van der Waals surface area contributed by atoms with Crippen molar-refractivity contribution in [1.29, 1.82) is 0 Å². The summed E-state index contributed by atoms with van der Waals surface area (Å²) in [5.41, 5.74) is -2.72. The summed E-state index contributed by atoms with van der Waals surface area (Å²) in [6.45, 7) is 4.48. The summed E-state index contributed by atoms with van der Waals surface area (Å²) in [5.74, 6) is -2.73. The lowest BCUT2D eigenvalue weighted by molar-refractivity contribution is -0.207. The first-order valence-electron chi connectivity index (χ1n) is 7.66. The van der Waals surface area contributed by atoms with Crippen LogP contribution in [0.2, 0.25) is 0 Å². The van der Waals surface area contributed by atoms with Crippen LogP contribution in [0.25, 0.3) is 0 Å². The van der Waals surface area contributed by atoms with Gasteiger partial charge in [0.25, 0.3) is 0 Å². The predicted molar refractivity (Wildman–Crippen MR) is 78.1 cm³/mol. The Bertz CT molecular complexity index is 660. The number of hydrogen-bond donors (Lipinski definition) is 2. The zero-order valence-corrected chi connectivity index (χ0v) is 13.4. The molecule has 0 spiro atoms. The molecule has 0 radical (unpaired) electrons. The van der Waals surface area contributed by atoms with Gasteiger partial charge < -0.3 is 24.3 Å². The van der Waals surface area contributed by atoms with Crippen molar-refractivity contribution in [3.63, 3.8) is 0 Å². The second-order valence-corrected chi connectivity index (χ2v) is 6.65. The van der Waals surface area contributed by atoms with Crippen LogP contribution in [0.15, 0.2) is 12.3 Å². The zero-order chi connectivity index (χ0) is 17.0. The van der Waals surface area contributed by atoms with Gasteiger partial charge in [-0.25, -0.2) is 4.79 Å². The van der Waals surface area contributed by atoms with Gasteiger partial charge in [0.15, 0.2) is 5.60 Å². The Hall–Kier alpha value is -1.86. The van der Waals surface area contributed by atoms with Crippen LogP contribution in [0.1, 0.15) is 44.6 Å². The number of hydrogen-bond acceptors (Lipinski definition) is 6. The topological polar surface area (TPSA) is 98.0 Å². The predicted octanol–water partition coefficient (Wildman–Crippen LogP) is 0.671. The third-order valence-electron chi connectivity index (χ3n) is 5.23. The molecule has 0 saturated carbocycles. The van der Waals surface area contributed by atoms with Crippen LogP contribution in [-0.2, 0) is 32.2 Å². The molecule has 0 amide bonds. The fourth-order valence-electron chi connectivity index (χ4n) is 3.13. The minimum absolute atomic E-state index is 0.0458. The van der Waals surface area contributed by atoms with E-state index in [-0.39, 0.29) is 6.61 Å². The minimum Gasteiger partial charge on any atom is -0.459 e. The van der Waals surface area contributed by atoms with E-state index in [4.69, 9.17) is 9.47 Å². The molecule has 0 aliphatic carbocycles. The van der Waals surface area contributed by atoms with Crippen molar-refractivity contribution >= 4 is 11.9 Å². The quantitative estimate of drug-likeness (QED) is 0.681. The van der Waals surface area contributed by atoms with Crippen molar-refractivity contribution in [2.75, 3.05) is 0 Å². The normalized spacial score (nSPS) is 37.6. The first kappa shape index (κ1) is 16.0. The average Bonchev–Trinajstić information content (AvgIpc) is 3.06. The van der Waals surface area contributed by atoms with Crippen molar-refractivity contribution in [1.82, 2.24) is 4.57 Å². The van der Waals surface area contributed by atoms with Gasteiger partial charge in [-0.3, -0.25) is 4.79 Å². The molecule has 3 heterocycles. The molecule has 3 rings (SSSR count). The van der Waals surface area contributed by atoms with Gasteiger partial charge in [-0.15, -0.1) is 0 Å². The standard InChI is InChI=1S/C16H21NO6/c1-9-13(18)23-11-5-7-17-6-4-10(12(11)17)8-22-14(19)16(3,21)15(9,2)20/h4,6,9,11,20-21H,5,7-8H2,1-3H3/t9-,11?,15+,16-/m0/s1. The van der Waals surface area contributed by atoms with E-state index in [1.807, 2.05) is 10.8 Å². The lowest BCUT2D eigenvalue weighted by Crippen LogP contribution is -2.61. The van der Waals surface area contributed by atoms with Crippen molar-refractivity contribution in [2.45, 2.75) is 57.6 Å². The van der Waals surface area contributed by atoms with E-state index in [9.17, 15) is 19.8 Å². The van der Waals surface area contributed by atoms with Gasteiger partial charge in [0.05, 0.1) is 11.6 Å². The Morgan fingerprint density at radius 2 is 2.00 bits per heavy atom. The molecule has 23 heavy (non-hydrogen) atoms. The van der Waals surface area contributed by atoms with E-state index >= 15 is 0 Å². The van der Waals surface area contributed by atoms with Gasteiger partial charge in [-0.05, 0) is 26.8 Å². The maximum Gasteiger partial charge on any atom is 0.341 e. The zero-order valence-electron chi connectivity index (χ0n) is 13.4. The summed E-state index contributed by atoms with van der Waals surface area (Å²) in [5, 5.41) is 21.1. The van der Waals surface area contributed by atoms with Gasteiger partial charge in [0.2, 0.25) is 0 Å². The smallest absolute Gasteiger partial charge is 0.341 e. The second-order valence-electron chi connectivity index (χ2n) is 6.65. The number of carbonyl (C=O) groups excluding carboxylic acids is 2. The Kier molecular flexibility index (Phi) is 3.53. The number of ether oxygens (including phenoxy) is 2. The van der Waals surface area contributed by atoms with E-state index in [0.717, 1.165) is 18.2 Å².